The molecule has 5 nitrogen and oxygen atoms in total. The molecule has 0 amide bonds. The molecular formula is C20H37N2O3PS2. The highest BCUT2D eigenvalue weighted by Crippen LogP contribution is 2.50. The third-order valence-corrected chi connectivity index (χ3v) is 13.4. The summed E-state index contributed by atoms with van der Waals surface area (Å²) in [6.45, 7) is 18.8. The Balaban J connectivity index is 3.34. The Hall–Kier alpha value is -0.330. The number of aryl methyl sites for hydroxylation is 1. The van der Waals surface area contributed by atoms with Gasteiger partial charge in [-0.1, -0.05) is 17.7 Å². The second-order valence-corrected chi connectivity index (χ2v) is 15.3. The average molecular weight is 449 g/mol. The lowest BCUT2D eigenvalue weighted by Gasteiger charge is -2.47. The summed E-state index contributed by atoms with van der Waals surface area (Å²) in [5.74, 6) is 0. The molecule has 0 fully saturated rings. The van der Waals surface area contributed by atoms with Gasteiger partial charge in [0.25, 0.3) is 8.87 Å². The van der Waals surface area contributed by atoms with Crippen molar-refractivity contribution in [1.29, 1.82) is 0 Å². The second-order valence-electron chi connectivity index (χ2n) is 8.21. The van der Waals surface area contributed by atoms with Crippen LogP contribution in [0.1, 0.15) is 61.0 Å². The van der Waals surface area contributed by atoms with Crippen molar-refractivity contribution in [2.45, 2.75) is 91.4 Å². The first-order valence-corrected chi connectivity index (χ1v) is 14.6. The van der Waals surface area contributed by atoms with Crippen LogP contribution in [-0.4, -0.2) is 51.6 Å². The molecule has 1 rings (SSSR count). The van der Waals surface area contributed by atoms with Crippen LogP contribution in [0.15, 0.2) is 29.2 Å². The largest absolute Gasteiger partial charge is 0.264 e. The summed E-state index contributed by atoms with van der Waals surface area (Å²) in [5, 5.41) is 0. The fourth-order valence-electron chi connectivity index (χ4n) is 3.49. The first-order chi connectivity index (χ1) is 12.8. The van der Waals surface area contributed by atoms with E-state index < -0.39 is 26.9 Å². The van der Waals surface area contributed by atoms with Gasteiger partial charge in [-0.25, -0.2) is 12.6 Å². The summed E-state index contributed by atoms with van der Waals surface area (Å²) in [5.41, 5.74) is 1.10. The molecule has 0 bridgehead atoms. The van der Waals surface area contributed by atoms with Gasteiger partial charge in [-0.3, -0.25) is 9.34 Å². The molecular weight excluding hydrogens is 411 g/mol. The highest BCUT2D eigenvalue weighted by atomic mass is 33.2. The quantitative estimate of drug-likeness (QED) is 0.375. The Morgan fingerprint density at radius 3 is 1.50 bits per heavy atom. The molecule has 0 aliphatic carbocycles. The lowest BCUT2D eigenvalue weighted by molar-refractivity contribution is 0.258. The van der Waals surface area contributed by atoms with Crippen molar-refractivity contribution in [3.05, 3.63) is 29.8 Å². The van der Waals surface area contributed by atoms with Gasteiger partial charge >= 0.3 is 0 Å². The maximum Gasteiger partial charge on any atom is 0.258 e. The smallest absolute Gasteiger partial charge is 0.258 e. The van der Waals surface area contributed by atoms with Crippen molar-refractivity contribution in [2.24, 2.45) is 0 Å². The van der Waals surface area contributed by atoms with Crippen LogP contribution >= 0.6 is 8.22 Å². The van der Waals surface area contributed by atoms with E-state index in [0.29, 0.717) is 0 Å². The maximum atomic E-state index is 13.1. The molecule has 0 N–H and O–H groups in total. The van der Waals surface area contributed by atoms with Crippen LogP contribution in [-0.2, 0) is 18.7 Å². The number of hydrogen-bond acceptors (Lipinski definition) is 5. The van der Waals surface area contributed by atoms with Gasteiger partial charge < -0.3 is 0 Å². The van der Waals surface area contributed by atoms with Crippen molar-refractivity contribution in [3.8, 4) is 0 Å². The fourth-order valence-corrected chi connectivity index (χ4v) is 12.0. The van der Waals surface area contributed by atoms with Crippen LogP contribution in [0, 0.1) is 6.92 Å². The summed E-state index contributed by atoms with van der Waals surface area (Å²) in [6.07, 6.45) is 0. The van der Waals surface area contributed by atoms with Crippen molar-refractivity contribution in [1.82, 2.24) is 9.34 Å². The Morgan fingerprint density at radius 1 is 0.821 bits per heavy atom. The van der Waals surface area contributed by atoms with E-state index in [-0.39, 0.29) is 34.6 Å². The summed E-state index contributed by atoms with van der Waals surface area (Å²) >= 11 is 0. The first-order valence-electron chi connectivity index (χ1n) is 9.85. The fraction of sp³-hybridized carbons (Fsp3) is 0.700. The SMILES string of the molecule is Cc1ccc(S(=O)(=O)S(=O)CP(N(C(C)C)C(C)C)N(C(C)C)C(C)C)cc1. The van der Waals surface area contributed by atoms with Crippen LogP contribution in [0.2, 0.25) is 0 Å². The minimum absolute atomic E-state index is 0.123. The van der Waals surface area contributed by atoms with E-state index >= 15 is 0 Å². The van der Waals surface area contributed by atoms with Gasteiger partial charge in [0.05, 0.1) is 18.6 Å². The molecule has 162 valence electrons. The highest BCUT2D eigenvalue weighted by Gasteiger charge is 2.37. The highest BCUT2D eigenvalue weighted by molar-refractivity contribution is 8.65. The van der Waals surface area contributed by atoms with Crippen LogP contribution in [0.25, 0.3) is 0 Å². The molecule has 1 atom stereocenters. The Morgan fingerprint density at radius 2 is 1.18 bits per heavy atom. The van der Waals surface area contributed by atoms with E-state index in [1.165, 1.54) is 0 Å². The number of rotatable bonds is 10. The summed E-state index contributed by atoms with van der Waals surface area (Å²) in [6, 6.07) is 7.50. The molecule has 1 unspecified atom stereocenters. The molecule has 8 heteroatoms. The standard InChI is InChI=1S/C20H37N2O3PS2/c1-15(2)21(16(3)4)26(22(17(5)6)18(7)8)14-27(23)28(24,25)20-12-10-19(9)11-13-20/h10-13,15-18H,14H2,1-9H3. The minimum atomic E-state index is -3.89. The van der Waals surface area contributed by atoms with E-state index in [1.54, 1.807) is 24.3 Å². The number of hydrogen-bond donors (Lipinski definition) is 0. The molecule has 0 aliphatic rings. The first kappa shape index (κ1) is 25.7. The average Bonchev–Trinajstić information content (AvgIpc) is 2.53. The second kappa shape index (κ2) is 10.6. The monoisotopic (exact) mass is 448 g/mol. The van der Waals surface area contributed by atoms with Crippen molar-refractivity contribution in [2.75, 3.05) is 5.49 Å². The molecule has 1 aromatic carbocycles. The minimum Gasteiger partial charge on any atom is -0.264 e. The number of benzene rings is 1. The van der Waals surface area contributed by atoms with Crippen molar-refractivity contribution in [3.63, 3.8) is 0 Å². The van der Waals surface area contributed by atoms with Gasteiger partial charge in [0.2, 0.25) is 0 Å². The molecule has 0 saturated heterocycles. The predicted molar refractivity (Wildman–Crippen MR) is 123 cm³/mol. The number of nitrogens with zero attached hydrogens (tertiary/aromatic N) is 2. The molecule has 0 radical (unpaired) electrons. The zero-order valence-corrected chi connectivity index (χ0v) is 21.2. The van der Waals surface area contributed by atoms with E-state index in [0.717, 1.165) is 5.56 Å². The van der Waals surface area contributed by atoms with Gasteiger partial charge in [-0.15, -0.1) is 0 Å². The van der Waals surface area contributed by atoms with Crippen LogP contribution < -0.4 is 0 Å². The van der Waals surface area contributed by atoms with E-state index in [4.69, 9.17) is 0 Å². The topological polar surface area (TPSA) is 57.7 Å². The van der Waals surface area contributed by atoms with Gasteiger partial charge in [0.15, 0.2) is 0 Å². The van der Waals surface area contributed by atoms with E-state index in [9.17, 15) is 12.6 Å². The molecule has 28 heavy (non-hydrogen) atoms. The van der Waals surface area contributed by atoms with Crippen molar-refractivity contribution >= 4 is 26.9 Å². The maximum absolute atomic E-state index is 13.1. The lowest BCUT2D eigenvalue weighted by Crippen LogP contribution is -2.44. The van der Waals surface area contributed by atoms with Crippen LogP contribution in [0.5, 0.6) is 0 Å². The lowest BCUT2D eigenvalue weighted by atomic mass is 10.2. The van der Waals surface area contributed by atoms with Gasteiger partial charge in [-0.05, 0) is 74.4 Å². The molecule has 0 aromatic heterocycles. The molecule has 0 heterocycles. The Kier molecular flexibility index (Phi) is 9.75. The third kappa shape index (κ3) is 6.33. The molecule has 1 aromatic rings. The van der Waals surface area contributed by atoms with E-state index in [2.05, 4.69) is 64.7 Å². The molecule has 0 spiro atoms. The summed E-state index contributed by atoms with van der Waals surface area (Å²) < 4.78 is 43.8. The predicted octanol–water partition coefficient (Wildman–Crippen LogP) is 4.94. The Bertz CT molecular complexity index is 711. The van der Waals surface area contributed by atoms with Gasteiger partial charge in [0, 0.05) is 24.2 Å². The van der Waals surface area contributed by atoms with E-state index in [1.807, 2.05) is 6.92 Å². The normalized spacial score (nSPS) is 14.4. The molecule has 0 saturated carbocycles. The third-order valence-electron chi connectivity index (χ3n) is 4.42. The van der Waals surface area contributed by atoms with Crippen molar-refractivity contribution < 1.29 is 12.6 Å². The van der Waals surface area contributed by atoms with Gasteiger partial charge in [-0.2, -0.15) is 0 Å². The summed E-state index contributed by atoms with van der Waals surface area (Å²) in [4.78, 5) is 0.132. The zero-order valence-electron chi connectivity index (χ0n) is 18.7. The molecule has 0 aliphatic heterocycles. The Labute approximate surface area is 175 Å². The van der Waals surface area contributed by atoms with Crippen LogP contribution in [0.3, 0.4) is 0 Å². The zero-order chi connectivity index (χ0) is 21.8. The van der Waals surface area contributed by atoms with Gasteiger partial charge in [0.1, 0.15) is 9.83 Å². The van der Waals surface area contributed by atoms with Crippen LogP contribution in [0.4, 0.5) is 0 Å². The summed E-state index contributed by atoms with van der Waals surface area (Å²) in [7, 11) is -6.95.